The van der Waals surface area contributed by atoms with E-state index in [1.807, 2.05) is 12.1 Å². The number of hydrogen-bond acceptors (Lipinski definition) is 4. The van der Waals surface area contributed by atoms with E-state index in [9.17, 15) is 4.79 Å². The topological polar surface area (TPSA) is 26.3 Å². The van der Waals surface area contributed by atoms with Crippen LogP contribution in [-0.4, -0.2) is 18.3 Å². The number of thiophene rings is 1. The second-order valence-corrected chi connectivity index (χ2v) is 5.14. The number of carbonyl (C=O) groups is 1. The van der Waals surface area contributed by atoms with Gasteiger partial charge in [0.1, 0.15) is 0 Å². The summed E-state index contributed by atoms with van der Waals surface area (Å²) >= 11 is 8.64. The van der Waals surface area contributed by atoms with Crippen LogP contribution in [-0.2, 0) is 9.53 Å². The van der Waals surface area contributed by atoms with E-state index in [1.165, 1.54) is 23.1 Å². The predicted octanol–water partition coefficient (Wildman–Crippen LogP) is 3.06. The van der Waals surface area contributed by atoms with Crippen molar-refractivity contribution in [2.24, 2.45) is 0 Å². The molecule has 0 aliphatic rings. The molecule has 1 rings (SSSR count). The Kier molecular flexibility index (Phi) is 4.62. The highest BCUT2D eigenvalue weighted by molar-refractivity contribution is 8.01. The molecule has 0 amide bonds. The number of halogens is 1. The van der Waals surface area contributed by atoms with E-state index in [0.29, 0.717) is 12.4 Å². The third-order valence-corrected chi connectivity index (χ3v) is 3.62. The summed E-state index contributed by atoms with van der Waals surface area (Å²) in [5.41, 5.74) is 0. The van der Waals surface area contributed by atoms with Gasteiger partial charge < -0.3 is 4.74 Å². The van der Waals surface area contributed by atoms with Crippen LogP contribution in [0.5, 0.6) is 0 Å². The van der Waals surface area contributed by atoms with E-state index in [-0.39, 0.29) is 5.97 Å². The summed E-state index contributed by atoms with van der Waals surface area (Å²) in [5.74, 6) is 0.169. The van der Waals surface area contributed by atoms with Crippen LogP contribution in [0.1, 0.15) is 6.92 Å². The highest BCUT2D eigenvalue weighted by Gasteiger charge is 2.04. The highest BCUT2D eigenvalue weighted by Crippen LogP contribution is 2.30. The normalized spacial score (nSPS) is 10.0. The van der Waals surface area contributed by atoms with Crippen molar-refractivity contribution in [1.29, 1.82) is 0 Å². The fraction of sp³-hybridized carbons (Fsp3) is 0.375. The summed E-state index contributed by atoms with van der Waals surface area (Å²) in [6, 6.07) is 3.72. The third-order valence-electron chi connectivity index (χ3n) is 1.19. The molecule has 0 spiro atoms. The summed E-state index contributed by atoms with van der Waals surface area (Å²) in [6.07, 6.45) is 0. The molecule has 72 valence electrons. The first-order valence-corrected chi connectivity index (χ1v) is 5.94. The summed E-state index contributed by atoms with van der Waals surface area (Å²) in [4.78, 5) is 11.0. The molecule has 0 bridgehead atoms. The number of ether oxygens (including phenoxy) is 1. The fourth-order valence-electron chi connectivity index (χ4n) is 0.708. The quantitative estimate of drug-likeness (QED) is 0.594. The molecule has 0 aromatic carbocycles. The van der Waals surface area contributed by atoms with Crippen LogP contribution >= 0.6 is 34.7 Å². The van der Waals surface area contributed by atoms with Crippen molar-refractivity contribution < 1.29 is 9.53 Å². The van der Waals surface area contributed by atoms with Crippen LogP contribution in [0.4, 0.5) is 0 Å². The molecule has 0 atom stereocenters. The lowest BCUT2D eigenvalue weighted by atomic mass is 10.7. The summed E-state index contributed by atoms with van der Waals surface area (Å²) in [6.45, 7) is 2.23. The minimum Gasteiger partial charge on any atom is -0.465 e. The number of rotatable bonds is 4. The molecule has 0 N–H and O–H groups in total. The van der Waals surface area contributed by atoms with Gasteiger partial charge in [0, 0.05) is 0 Å². The second kappa shape index (κ2) is 5.52. The van der Waals surface area contributed by atoms with Gasteiger partial charge in [-0.1, -0.05) is 11.6 Å². The van der Waals surface area contributed by atoms with Crippen molar-refractivity contribution in [2.75, 3.05) is 12.4 Å². The average molecular weight is 237 g/mol. The number of carbonyl (C=O) groups excluding carboxylic acids is 1. The maximum atomic E-state index is 11.0. The maximum Gasteiger partial charge on any atom is 0.316 e. The first kappa shape index (κ1) is 10.9. The Morgan fingerprint density at radius 2 is 2.46 bits per heavy atom. The van der Waals surface area contributed by atoms with Crippen LogP contribution in [0.3, 0.4) is 0 Å². The zero-order valence-electron chi connectivity index (χ0n) is 7.08. The van der Waals surface area contributed by atoms with Gasteiger partial charge in [-0.15, -0.1) is 23.1 Å². The van der Waals surface area contributed by atoms with Gasteiger partial charge in [-0.3, -0.25) is 4.79 Å². The van der Waals surface area contributed by atoms with Crippen LogP contribution in [0.2, 0.25) is 4.34 Å². The van der Waals surface area contributed by atoms with E-state index in [4.69, 9.17) is 16.3 Å². The van der Waals surface area contributed by atoms with Gasteiger partial charge in [-0.25, -0.2) is 0 Å². The summed E-state index contributed by atoms with van der Waals surface area (Å²) in [7, 11) is 0. The lowest BCUT2D eigenvalue weighted by molar-refractivity contribution is -0.139. The van der Waals surface area contributed by atoms with Crippen molar-refractivity contribution in [2.45, 2.75) is 11.1 Å². The van der Waals surface area contributed by atoms with Crippen molar-refractivity contribution in [3.05, 3.63) is 16.5 Å². The molecule has 1 heterocycles. The van der Waals surface area contributed by atoms with Gasteiger partial charge >= 0.3 is 5.97 Å². The zero-order chi connectivity index (χ0) is 9.68. The molecule has 0 fully saturated rings. The number of hydrogen-bond donors (Lipinski definition) is 0. The Bertz CT molecular complexity index is 285. The molecular formula is C8H9ClO2S2. The fourth-order valence-corrected chi connectivity index (χ4v) is 2.81. The number of esters is 1. The van der Waals surface area contributed by atoms with Gasteiger partial charge in [0.2, 0.25) is 0 Å². The molecule has 0 unspecified atom stereocenters. The molecule has 0 aliphatic carbocycles. The van der Waals surface area contributed by atoms with Crippen molar-refractivity contribution in [3.63, 3.8) is 0 Å². The lowest BCUT2D eigenvalue weighted by Gasteiger charge is -1.98. The standard InChI is InChI=1S/C8H9ClO2S2/c1-2-11-7(10)5-12-8-4-3-6(9)13-8/h3-4H,2,5H2,1H3. The van der Waals surface area contributed by atoms with Crippen LogP contribution < -0.4 is 0 Å². The Hall–Kier alpha value is -0.190. The van der Waals surface area contributed by atoms with E-state index in [2.05, 4.69) is 0 Å². The van der Waals surface area contributed by atoms with Crippen molar-refractivity contribution >= 4 is 40.7 Å². The van der Waals surface area contributed by atoms with Gasteiger partial charge in [0.05, 0.1) is 20.9 Å². The minimum absolute atomic E-state index is 0.183. The number of thioether (sulfide) groups is 1. The molecule has 13 heavy (non-hydrogen) atoms. The first-order chi connectivity index (χ1) is 6.22. The van der Waals surface area contributed by atoms with E-state index < -0.39 is 0 Å². The zero-order valence-corrected chi connectivity index (χ0v) is 9.47. The maximum absolute atomic E-state index is 11.0. The predicted molar refractivity (Wildman–Crippen MR) is 56.7 cm³/mol. The van der Waals surface area contributed by atoms with Crippen LogP contribution in [0, 0.1) is 0 Å². The monoisotopic (exact) mass is 236 g/mol. The molecule has 1 aromatic rings. The molecule has 5 heteroatoms. The SMILES string of the molecule is CCOC(=O)CSc1ccc(Cl)s1. The van der Waals surface area contributed by atoms with E-state index >= 15 is 0 Å². The van der Waals surface area contributed by atoms with Gasteiger partial charge in [0.25, 0.3) is 0 Å². The smallest absolute Gasteiger partial charge is 0.316 e. The van der Waals surface area contributed by atoms with E-state index in [0.717, 1.165) is 8.55 Å². The Labute approximate surface area is 90.2 Å². The van der Waals surface area contributed by atoms with Gasteiger partial charge in [0.15, 0.2) is 0 Å². The molecule has 0 saturated heterocycles. The summed E-state index contributed by atoms with van der Waals surface area (Å²) < 4.78 is 6.56. The van der Waals surface area contributed by atoms with Gasteiger partial charge in [-0.2, -0.15) is 0 Å². The van der Waals surface area contributed by atoms with Crippen molar-refractivity contribution in [1.82, 2.24) is 0 Å². The third kappa shape index (κ3) is 4.02. The molecule has 1 aromatic heterocycles. The molecule has 0 radical (unpaired) electrons. The Morgan fingerprint density at radius 1 is 1.69 bits per heavy atom. The molecule has 0 aliphatic heterocycles. The Balaban J connectivity index is 2.30. The van der Waals surface area contributed by atoms with Crippen molar-refractivity contribution in [3.8, 4) is 0 Å². The first-order valence-electron chi connectivity index (χ1n) is 3.76. The summed E-state index contributed by atoms with van der Waals surface area (Å²) in [5, 5.41) is 0. The second-order valence-electron chi connectivity index (χ2n) is 2.15. The minimum atomic E-state index is -0.183. The van der Waals surface area contributed by atoms with Crippen LogP contribution in [0.15, 0.2) is 16.3 Å². The highest BCUT2D eigenvalue weighted by atomic mass is 35.5. The molecule has 2 nitrogen and oxygen atoms in total. The van der Waals surface area contributed by atoms with Gasteiger partial charge in [-0.05, 0) is 19.1 Å². The Morgan fingerprint density at radius 3 is 3.00 bits per heavy atom. The molecule has 0 saturated carbocycles. The largest absolute Gasteiger partial charge is 0.465 e. The van der Waals surface area contributed by atoms with Crippen LogP contribution in [0.25, 0.3) is 0 Å². The average Bonchev–Trinajstić information content (AvgIpc) is 2.49. The lowest BCUT2D eigenvalue weighted by Crippen LogP contribution is -2.05. The van der Waals surface area contributed by atoms with E-state index in [1.54, 1.807) is 6.92 Å². The molecular weight excluding hydrogens is 228 g/mol.